The zero-order chi connectivity index (χ0) is 19.6. The first-order valence-electron chi connectivity index (χ1n) is 8.07. The molecule has 144 valence electrons. The zero-order valence-corrected chi connectivity index (χ0v) is 16.9. The van der Waals surface area contributed by atoms with Crippen LogP contribution in [0.15, 0.2) is 39.8 Å². The van der Waals surface area contributed by atoms with Gasteiger partial charge in [0.1, 0.15) is 4.60 Å². The number of nitrogens with zero attached hydrogens (tertiary/aromatic N) is 2. The van der Waals surface area contributed by atoms with Crippen LogP contribution in [0.2, 0.25) is 0 Å². The molecule has 3 rings (SSSR count). The first-order valence-corrected chi connectivity index (χ1v) is 10.3. The van der Waals surface area contributed by atoms with Crippen molar-refractivity contribution >= 4 is 37.6 Å². The summed E-state index contributed by atoms with van der Waals surface area (Å²) in [5, 5.41) is 0. The Bertz CT molecular complexity index is 957. The molecule has 0 radical (unpaired) electrons. The number of halogens is 1. The Balaban J connectivity index is 1.96. The molecule has 2 N–H and O–H groups in total. The van der Waals surface area contributed by atoms with E-state index in [0.29, 0.717) is 42.2 Å². The average molecular weight is 456 g/mol. The fourth-order valence-corrected chi connectivity index (χ4v) is 4.56. The predicted molar refractivity (Wildman–Crippen MR) is 103 cm³/mol. The quantitative estimate of drug-likeness (QED) is 0.553. The molecule has 0 saturated carbocycles. The minimum Gasteiger partial charge on any atom is -0.465 e. The van der Waals surface area contributed by atoms with Crippen molar-refractivity contribution in [1.82, 2.24) is 9.29 Å². The van der Waals surface area contributed by atoms with E-state index in [2.05, 4.69) is 20.9 Å². The van der Waals surface area contributed by atoms with E-state index in [9.17, 15) is 13.2 Å². The van der Waals surface area contributed by atoms with Crippen LogP contribution in [-0.4, -0.2) is 57.1 Å². The number of sulfonamides is 1. The molecule has 0 unspecified atom stereocenters. The predicted octanol–water partition coefficient (Wildman–Crippen LogP) is 1.90. The molecule has 0 aliphatic carbocycles. The van der Waals surface area contributed by atoms with Crippen LogP contribution >= 0.6 is 15.9 Å². The van der Waals surface area contributed by atoms with Crippen molar-refractivity contribution < 1.29 is 22.7 Å². The van der Waals surface area contributed by atoms with Gasteiger partial charge in [0.15, 0.2) is 0 Å². The van der Waals surface area contributed by atoms with E-state index in [4.69, 9.17) is 15.2 Å². The monoisotopic (exact) mass is 455 g/mol. The number of methoxy groups -OCH3 is 1. The van der Waals surface area contributed by atoms with Gasteiger partial charge >= 0.3 is 5.97 Å². The van der Waals surface area contributed by atoms with Gasteiger partial charge in [-0.1, -0.05) is 12.1 Å². The standard InChI is InChI=1S/C17H18BrN3O5S/c1-25-17(22)13-10-14(18)20-16(15(13)19)11-2-4-12(5-3-11)27(23,24)21-6-8-26-9-7-21/h2-5,10H,6-9,19H2,1H3. The molecule has 0 spiro atoms. The number of esters is 1. The van der Waals surface area contributed by atoms with Gasteiger partial charge < -0.3 is 15.2 Å². The van der Waals surface area contributed by atoms with Gasteiger partial charge in [-0.3, -0.25) is 0 Å². The molecule has 8 nitrogen and oxygen atoms in total. The maximum atomic E-state index is 12.7. The second kappa shape index (κ2) is 7.93. The first kappa shape index (κ1) is 19.7. The molecule has 0 atom stereocenters. The third kappa shape index (κ3) is 3.98. The highest BCUT2D eigenvalue weighted by Crippen LogP contribution is 2.31. The number of nitrogens with two attached hydrogens (primary N) is 1. The second-order valence-electron chi connectivity index (χ2n) is 5.79. The number of carbonyl (C=O) groups is 1. The summed E-state index contributed by atoms with van der Waals surface area (Å²) in [6.45, 7) is 1.41. The molecular formula is C17H18BrN3O5S. The molecule has 0 amide bonds. The van der Waals surface area contributed by atoms with E-state index in [0.717, 1.165) is 0 Å². The SMILES string of the molecule is COC(=O)c1cc(Br)nc(-c2ccc(S(=O)(=O)N3CCOCC3)cc2)c1N. The van der Waals surface area contributed by atoms with E-state index < -0.39 is 16.0 Å². The molecule has 1 aliphatic rings. The summed E-state index contributed by atoms with van der Waals surface area (Å²) in [4.78, 5) is 16.4. The third-order valence-electron chi connectivity index (χ3n) is 4.17. The summed E-state index contributed by atoms with van der Waals surface area (Å²) in [5.41, 5.74) is 7.36. The minimum atomic E-state index is -3.59. The van der Waals surface area contributed by atoms with Crippen molar-refractivity contribution in [3.8, 4) is 11.3 Å². The number of morpholine rings is 1. The Morgan fingerprint density at radius 3 is 2.48 bits per heavy atom. The van der Waals surface area contributed by atoms with Gasteiger partial charge in [-0.2, -0.15) is 4.31 Å². The van der Waals surface area contributed by atoms with Crippen molar-refractivity contribution in [2.75, 3.05) is 39.1 Å². The van der Waals surface area contributed by atoms with E-state index in [1.54, 1.807) is 12.1 Å². The number of hydrogen-bond donors (Lipinski definition) is 1. The molecule has 10 heteroatoms. The van der Waals surface area contributed by atoms with Crippen LogP contribution in [0.5, 0.6) is 0 Å². The Labute approximate surface area is 165 Å². The number of nitrogen functional groups attached to an aromatic ring is 1. The molecule has 27 heavy (non-hydrogen) atoms. The maximum absolute atomic E-state index is 12.7. The van der Waals surface area contributed by atoms with Gasteiger partial charge in [0, 0.05) is 18.7 Å². The van der Waals surface area contributed by atoms with Gasteiger partial charge in [-0.05, 0) is 34.1 Å². The molecule has 2 aromatic rings. The highest BCUT2D eigenvalue weighted by atomic mass is 79.9. The van der Waals surface area contributed by atoms with Crippen LogP contribution in [0.25, 0.3) is 11.3 Å². The van der Waals surface area contributed by atoms with E-state index in [-0.39, 0.29) is 16.1 Å². The number of rotatable bonds is 4. The topological polar surface area (TPSA) is 112 Å². The molecule has 1 fully saturated rings. The molecule has 1 aliphatic heterocycles. The molecule has 1 aromatic carbocycles. The lowest BCUT2D eigenvalue weighted by Crippen LogP contribution is -2.40. The van der Waals surface area contributed by atoms with Crippen molar-refractivity contribution in [2.24, 2.45) is 0 Å². The maximum Gasteiger partial charge on any atom is 0.340 e. The van der Waals surface area contributed by atoms with Crippen LogP contribution in [0.4, 0.5) is 5.69 Å². The normalized spacial score (nSPS) is 15.5. The van der Waals surface area contributed by atoms with Crippen LogP contribution in [-0.2, 0) is 19.5 Å². The first-order chi connectivity index (χ1) is 12.8. The van der Waals surface area contributed by atoms with Crippen LogP contribution in [0.3, 0.4) is 0 Å². The number of hydrogen-bond acceptors (Lipinski definition) is 7. The van der Waals surface area contributed by atoms with Crippen LogP contribution in [0.1, 0.15) is 10.4 Å². The lowest BCUT2D eigenvalue weighted by atomic mass is 10.1. The largest absolute Gasteiger partial charge is 0.465 e. The van der Waals surface area contributed by atoms with Crippen molar-refractivity contribution in [3.05, 3.63) is 40.5 Å². The Hall–Kier alpha value is -2.01. The fraction of sp³-hybridized carbons (Fsp3) is 0.294. The third-order valence-corrected chi connectivity index (χ3v) is 6.49. The summed E-state index contributed by atoms with van der Waals surface area (Å²) in [6.07, 6.45) is 0. The van der Waals surface area contributed by atoms with Crippen molar-refractivity contribution in [3.63, 3.8) is 0 Å². The summed E-state index contributed by atoms with van der Waals surface area (Å²) >= 11 is 3.25. The Morgan fingerprint density at radius 1 is 1.26 bits per heavy atom. The van der Waals surface area contributed by atoms with Gasteiger partial charge in [0.25, 0.3) is 0 Å². The van der Waals surface area contributed by atoms with E-state index in [1.807, 2.05) is 0 Å². The molecular weight excluding hydrogens is 438 g/mol. The minimum absolute atomic E-state index is 0.161. The molecule has 0 bridgehead atoms. The zero-order valence-electron chi connectivity index (χ0n) is 14.5. The highest BCUT2D eigenvalue weighted by molar-refractivity contribution is 9.10. The molecule has 2 heterocycles. The number of carbonyl (C=O) groups excluding carboxylic acids is 1. The molecule has 1 aromatic heterocycles. The second-order valence-corrected chi connectivity index (χ2v) is 8.54. The lowest BCUT2D eigenvalue weighted by Gasteiger charge is -2.26. The summed E-state index contributed by atoms with van der Waals surface area (Å²) in [7, 11) is -2.32. The Morgan fingerprint density at radius 2 is 1.89 bits per heavy atom. The smallest absolute Gasteiger partial charge is 0.340 e. The van der Waals surface area contributed by atoms with Gasteiger partial charge in [0.05, 0.1) is 42.2 Å². The number of anilines is 1. The fourth-order valence-electron chi connectivity index (χ4n) is 2.74. The summed E-state index contributed by atoms with van der Waals surface area (Å²) in [5.74, 6) is -0.580. The number of pyridine rings is 1. The number of benzene rings is 1. The molecule has 1 saturated heterocycles. The van der Waals surface area contributed by atoms with Crippen LogP contribution in [0, 0.1) is 0 Å². The van der Waals surface area contributed by atoms with Gasteiger partial charge in [0.2, 0.25) is 10.0 Å². The lowest BCUT2D eigenvalue weighted by molar-refractivity contribution is 0.0601. The number of aromatic nitrogens is 1. The number of ether oxygens (including phenoxy) is 2. The van der Waals surface area contributed by atoms with Gasteiger partial charge in [-0.25, -0.2) is 18.2 Å². The van der Waals surface area contributed by atoms with Crippen molar-refractivity contribution in [2.45, 2.75) is 4.90 Å². The van der Waals surface area contributed by atoms with E-state index in [1.165, 1.54) is 29.6 Å². The average Bonchev–Trinajstić information content (AvgIpc) is 2.69. The van der Waals surface area contributed by atoms with E-state index >= 15 is 0 Å². The summed E-state index contributed by atoms with van der Waals surface area (Å²) < 4.78 is 37.1. The highest BCUT2D eigenvalue weighted by Gasteiger charge is 2.26. The van der Waals surface area contributed by atoms with Crippen molar-refractivity contribution in [1.29, 1.82) is 0 Å². The summed E-state index contributed by atoms with van der Waals surface area (Å²) in [6, 6.07) is 7.70. The van der Waals surface area contributed by atoms with Gasteiger partial charge in [-0.15, -0.1) is 0 Å². The Kier molecular flexibility index (Phi) is 5.80. The van der Waals surface area contributed by atoms with Crippen LogP contribution < -0.4 is 5.73 Å².